The Hall–Kier alpha value is -3.61. The highest BCUT2D eigenvalue weighted by atomic mass is 19.1. The number of anilines is 2. The number of hydrogen-bond donors (Lipinski definition) is 1. The largest absolute Gasteiger partial charge is 0.324 e. The van der Waals surface area contributed by atoms with Crippen LogP contribution in [-0.4, -0.2) is 24.7 Å². The van der Waals surface area contributed by atoms with Gasteiger partial charge in [-0.15, -0.1) is 0 Å². The second-order valence-electron chi connectivity index (χ2n) is 6.12. The van der Waals surface area contributed by atoms with Crippen LogP contribution in [0, 0.1) is 12.7 Å². The zero-order chi connectivity index (χ0) is 18.6. The lowest BCUT2D eigenvalue weighted by Crippen LogP contribution is -2.04. The van der Waals surface area contributed by atoms with Crippen LogP contribution in [0.1, 0.15) is 17.0 Å². The number of aryl methyl sites for hydroxylation is 1. The second-order valence-corrected chi connectivity index (χ2v) is 6.12. The van der Waals surface area contributed by atoms with Crippen LogP contribution in [0.5, 0.6) is 0 Å². The van der Waals surface area contributed by atoms with Crippen molar-refractivity contribution in [3.05, 3.63) is 90.0 Å². The zero-order valence-corrected chi connectivity index (χ0v) is 14.7. The molecule has 0 unspecified atom stereocenters. The van der Waals surface area contributed by atoms with Crippen molar-refractivity contribution >= 4 is 11.6 Å². The first-order chi connectivity index (χ1) is 13.2. The van der Waals surface area contributed by atoms with Gasteiger partial charge >= 0.3 is 0 Å². The molecule has 0 radical (unpaired) electrons. The van der Waals surface area contributed by atoms with Gasteiger partial charge in [0, 0.05) is 17.8 Å². The number of aromatic nitrogens is 5. The number of rotatable bonds is 5. The van der Waals surface area contributed by atoms with E-state index in [4.69, 9.17) is 0 Å². The van der Waals surface area contributed by atoms with Gasteiger partial charge in [0.15, 0.2) is 5.82 Å². The van der Waals surface area contributed by atoms with E-state index in [0.717, 1.165) is 11.4 Å². The average Bonchev–Trinajstić information content (AvgIpc) is 3.16. The van der Waals surface area contributed by atoms with E-state index in [-0.39, 0.29) is 0 Å². The van der Waals surface area contributed by atoms with E-state index < -0.39 is 5.82 Å². The molecular formula is C20H17FN6. The van der Waals surface area contributed by atoms with Crippen molar-refractivity contribution in [3.63, 3.8) is 0 Å². The summed E-state index contributed by atoms with van der Waals surface area (Å²) < 4.78 is 15.8. The van der Waals surface area contributed by atoms with Crippen LogP contribution in [0.25, 0.3) is 5.69 Å². The van der Waals surface area contributed by atoms with Crippen molar-refractivity contribution in [2.75, 3.05) is 5.32 Å². The summed E-state index contributed by atoms with van der Waals surface area (Å²) >= 11 is 0. The molecule has 7 heteroatoms. The van der Waals surface area contributed by atoms with Gasteiger partial charge in [-0.2, -0.15) is 5.10 Å². The van der Waals surface area contributed by atoms with Gasteiger partial charge in [-0.1, -0.05) is 30.3 Å². The second kappa shape index (κ2) is 7.33. The first-order valence-corrected chi connectivity index (χ1v) is 8.47. The van der Waals surface area contributed by atoms with Crippen LogP contribution >= 0.6 is 0 Å². The quantitative estimate of drug-likeness (QED) is 0.586. The zero-order valence-electron chi connectivity index (χ0n) is 14.7. The summed E-state index contributed by atoms with van der Waals surface area (Å²) in [6.07, 6.45) is 3.52. The maximum absolute atomic E-state index is 14.4. The van der Waals surface area contributed by atoms with Gasteiger partial charge in [0.2, 0.25) is 5.95 Å². The Bertz CT molecular complexity index is 1050. The van der Waals surface area contributed by atoms with Gasteiger partial charge in [-0.25, -0.2) is 24.0 Å². The van der Waals surface area contributed by atoms with E-state index in [1.165, 1.54) is 29.0 Å². The number of nitrogens with zero attached hydrogens (tertiary/aromatic N) is 5. The van der Waals surface area contributed by atoms with E-state index in [0.29, 0.717) is 23.7 Å². The van der Waals surface area contributed by atoms with Crippen molar-refractivity contribution in [2.24, 2.45) is 0 Å². The van der Waals surface area contributed by atoms with Crippen molar-refractivity contribution in [1.29, 1.82) is 0 Å². The van der Waals surface area contributed by atoms with E-state index in [1.54, 1.807) is 12.1 Å². The third kappa shape index (κ3) is 3.98. The molecule has 0 saturated heterocycles. The van der Waals surface area contributed by atoms with Crippen LogP contribution in [-0.2, 0) is 6.42 Å². The fourth-order valence-corrected chi connectivity index (χ4v) is 2.82. The minimum absolute atomic E-state index is 0.327. The molecule has 0 fully saturated rings. The summed E-state index contributed by atoms with van der Waals surface area (Å²) in [5.41, 5.74) is 3.81. The molecule has 0 spiro atoms. The first-order valence-electron chi connectivity index (χ1n) is 8.47. The minimum Gasteiger partial charge on any atom is -0.324 e. The van der Waals surface area contributed by atoms with Crippen molar-refractivity contribution in [1.82, 2.24) is 24.7 Å². The molecule has 4 rings (SSSR count). The Balaban J connectivity index is 1.56. The van der Waals surface area contributed by atoms with E-state index in [1.807, 2.05) is 31.2 Å². The number of halogens is 1. The van der Waals surface area contributed by atoms with Gasteiger partial charge in [-0.05, 0) is 36.8 Å². The fraction of sp³-hybridized carbons (Fsp3) is 0.100. The van der Waals surface area contributed by atoms with Crippen LogP contribution in [0.15, 0.2) is 67.3 Å². The van der Waals surface area contributed by atoms with Gasteiger partial charge < -0.3 is 5.32 Å². The molecule has 0 aliphatic rings. The average molecular weight is 360 g/mol. The van der Waals surface area contributed by atoms with Crippen molar-refractivity contribution in [2.45, 2.75) is 13.3 Å². The van der Waals surface area contributed by atoms with Crippen molar-refractivity contribution in [3.8, 4) is 5.69 Å². The minimum atomic E-state index is -0.414. The molecule has 134 valence electrons. The molecule has 0 aliphatic carbocycles. The molecule has 27 heavy (non-hydrogen) atoms. The lowest BCUT2D eigenvalue weighted by molar-refractivity contribution is 0.611. The number of benzene rings is 2. The van der Waals surface area contributed by atoms with Crippen molar-refractivity contribution < 1.29 is 4.39 Å². The Morgan fingerprint density at radius 3 is 2.63 bits per heavy atom. The smallest absolute Gasteiger partial charge is 0.227 e. The molecule has 0 bridgehead atoms. The van der Waals surface area contributed by atoms with E-state index in [9.17, 15) is 4.39 Å². The molecule has 2 aromatic carbocycles. The van der Waals surface area contributed by atoms with Gasteiger partial charge in [0.25, 0.3) is 0 Å². The lowest BCUT2D eigenvalue weighted by atomic mass is 10.1. The van der Waals surface area contributed by atoms with Crippen LogP contribution < -0.4 is 5.32 Å². The van der Waals surface area contributed by atoms with Crippen LogP contribution in [0.2, 0.25) is 0 Å². The molecule has 6 nitrogen and oxygen atoms in total. The molecule has 0 amide bonds. The predicted molar refractivity (Wildman–Crippen MR) is 101 cm³/mol. The third-order valence-corrected chi connectivity index (χ3v) is 4.00. The van der Waals surface area contributed by atoms with Gasteiger partial charge in [0.05, 0.1) is 5.69 Å². The van der Waals surface area contributed by atoms with Gasteiger partial charge in [0.1, 0.15) is 18.3 Å². The summed E-state index contributed by atoms with van der Waals surface area (Å²) in [5.74, 6) is 0.0245. The monoisotopic (exact) mass is 360 g/mol. The maximum Gasteiger partial charge on any atom is 0.227 e. The highest BCUT2D eigenvalue weighted by molar-refractivity contribution is 5.56. The summed E-state index contributed by atoms with van der Waals surface area (Å²) in [4.78, 5) is 12.8. The standard InChI is InChI=1S/C20H17FN6/c1-14-9-17(10-15-5-3-2-4-6-15)26-20(24-14)25-16-7-8-19(18(21)11-16)27-13-22-12-23-27/h2-9,11-13H,10H2,1H3,(H,24,25,26). The topological polar surface area (TPSA) is 68.5 Å². The third-order valence-electron chi connectivity index (χ3n) is 4.00. The summed E-state index contributed by atoms with van der Waals surface area (Å²) in [6, 6.07) is 16.8. The van der Waals surface area contributed by atoms with Gasteiger partial charge in [-0.3, -0.25) is 0 Å². The molecule has 2 heterocycles. The van der Waals surface area contributed by atoms with Crippen LogP contribution in [0.4, 0.5) is 16.0 Å². The Labute approximate surface area is 155 Å². The van der Waals surface area contributed by atoms with E-state index in [2.05, 4.69) is 37.5 Å². The molecular weight excluding hydrogens is 343 g/mol. The lowest BCUT2D eigenvalue weighted by Gasteiger charge is -2.10. The highest BCUT2D eigenvalue weighted by Gasteiger charge is 2.09. The fourth-order valence-electron chi connectivity index (χ4n) is 2.82. The summed E-state index contributed by atoms with van der Waals surface area (Å²) in [5, 5.41) is 7.02. The SMILES string of the molecule is Cc1cc(Cc2ccccc2)nc(Nc2ccc(-n3cncn3)c(F)c2)n1. The summed E-state index contributed by atoms with van der Waals surface area (Å²) in [7, 11) is 0. The Morgan fingerprint density at radius 1 is 1.04 bits per heavy atom. The van der Waals surface area contributed by atoms with E-state index >= 15 is 0 Å². The number of nitrogens with one attached hydrogen (secondary N) is 1. The molecule has 1 N–H and O–H groups in total. The molecule has 0 aliphatic heterocycles. The Morgan fingerprint density at radius 2 is 1.89 bits per heavy atom. The molecule has 0 saturated carbocycles. The first kappa shape index (κ1) is 16.8. The normalized spacial score (nSPS) is 10.7. The summed E-state index contributed by atoms with van der Waals surface area (Å²) in [6.45, 7) is 1.91. The predicted octanol–water partition coefficient (Wildman–Crippen LogP) is 3.84. The molecule has 4 aromatic rings. The maximum atomic E-state index is 14.4. The van der Waals surface area contributed by atoms with Crippen LogP contribution in [0.3, 0.4) is 0 Å². The molecule has 0 atom stereocenters. The molecule has 2 aromatic heterocycles. The Kier molecular flexibility index (Phi) is 4.57. The highest BCUT2D eigenvalue weighted by Crippen LogP contribution is 2.20. The number of hydrogen-bond acceptors (Lipinski definition) is 5.